The second-order valence-electron chi connectivity index (χ2n) is 12.5. The Morgan fingerprint density at radius 1 is 0.745 bits per heavy atom. The van der Waals surface area contributed by atoms with Crippen LogP contribution in [0.25, 0.3) is 44.1 Å². The number of aliphatic hydroxyl groups is 1. The first-order valence-electron chi connectivity index (χ1n) is 16.3. The van der Waals surface area contributed by atoms with Gasteiger partial charge in [-0.3, -0.25) is 19.7 Å². The van der Waals surface area contributed by atoms with E-state index in [0.29, 0.717) is 48.7 Å². The fourth-order valence-electron chi connectivity index (χ4n) is 7.19. The summed E-state index contributed by atoms with van der Waals surface area (Å²) in [5, 5.41) is 46.5. The molecule has 8 rings (SSSR count). The summed E-state index contributed by atoms with van der Waals surface area (Å²) in [4.78, 5) is 35.1. The van der Waals surface area contributed by atoms with Gasteiger partial charge in [0, 0.05) is 60.2 Å². The summed E-state index contributed by atoms with van der Waals surface area (Å²) in [5.74, 6) is -0.196. The van der Waals surface area contributed by atoms with Crippen LogP contribution in [0, 0.1) is 46.6 Å². The largest absolute Gasteiger partial charge is 0.392 e. The van der Waals surface area contributed by atoms with Crippen molar-refractivity contribution in [3.63, 3.8) is 0 Å². The van der Waals surface area contributed by atoms with Gasteiger partial charge < -0.3 is 24.9 Å². The van der Waals surface area contributed by atoms with Crippen LogP contribution in [-0.4, -0.2) is 44.1 Å². The number of nitrogens with zero attached hydrogens (tertiary/aromatic N) is 5. The third-order valence-electron chi connectivity index (χ3n) is 9.58. The molecule has 0 unspecified atom stereocenters. The number of aliphatic hydroxyl groups excluding tert-OH is 1. The molecule has 4 heterocycles. The van der Waals surface area contributed by atoms with Crippen molar-refractivity contribution < 1.29 is 19.6 Å². The molecule has 0 aliphatic carbocycles. The highest BCUT2D eigenvalue weighted by atomic mass is 16.6. The summed E-state index contributed by atoms with van der Waals surface area (Å²) in [5.41, 5.74) is 10.2. The van der Waals surface area contributed by atoms with E-state index in [2.05, 4.69) is 27.3 Å². The highest BCUT2D eigenvalue weighted by molar-refractivity contribution is 6.08. The lowest BCUT2D eigenvalue weighted by molar-refractivity contribution is -0.384. The highest BCUT2D eigenvalue weighted by Gasteiger charge is 2.27. The molecule has 252 valence electrons. The minimum absolute atomic E-state index is 0.00622. The number of nitriles is 2. The monoisotopic (exact) mass is 677 g/mol. The van der Waals surface area contributed by atoms with Crippen LogP contribution in [-0.2, 0) is 19.7 Å². The lowest BCUT2D eigenvalue weighted by Gasteiger charge is -2.18. The standard InChI is InChI=1S/C20H17N3O2.C19H14N4O3/c1-12-16-8-14(10-21)9-17(15-4-2-13(11-24)3-5-15)19(16)23-7-6-22-20(25)18(12)23;1-11-15-8-12(10-20)9-16(13-2-4-14(5-3-13)23(25)26)18(15)22-7-6-21-19(24)17(11)22/h2-5,8-9,24H,6-7,11H2,1H3,(H,22,25);2-5,8-9H,6-7H2,1H3,(H,21,24). The molecule has 3 N–H and O–H groups in total. The number of fused-ring (bicyclic) bond motifs is 6. The number of non-ortho nitro benzene ring substituents is 1. The van der Waals surface area contributed by atoms with E-state index < -0.39 is 4.92 Å². The van der Waals surface area contributed by atoms with Gasteiger partial charge in [0.2, 0.25) is 0 Å². The number of hydrogen-bond donors (Lipinski definition) is 3. The second kappa shape index (κ2) is 12.9. The predicted molar refractivity (Wildman–Crippen MR) is 191 cm³/mol. The first-order valence-corrected chi connectivity index (χ1v) is 16.3. The van der Waals surface area contributed by atoms with Crippen LogP contribution in [0.4, 0.5) is 5.69 Å². The summed E-state index contributed by atoms with van der Waals surface area (Å²) in [7, 11) is 0. The number of aryl methyl sites for hydroxylation is 2. The molecule has 0 spiro atoms. The number of carbonyl (C=O) groups is 2. The Balaban J connectivity index is 0.000000159. The lowest BCUT2D eigenvalue weighted by Crippen LogP contribution is -2.35. The van der Waals surface area contributed by atoms with Crippen molar-refractivity contribution in [2.75, 3.05) is 13.1 Å². The number of rotatable bonds is 4. The maximum atomic E-state index is 12.3. The molecule has 0 bridgehead atoms. The van der Waals surface area contributed by atoms with E-state index in [0.717, 1.165) is 60.8 Å². The fourth-order valence-corrected chi connectivity index (χ4v) is 7.19. The normalized spacial score (nSPS) is 13.3. The number of hydrogen-bond acceptors (Lipinski definition) is 7. The van der Waals surface area contributed by atoms with Gasteiger partial charge in [-0.1, -0.05) is 24.3 Å². The van der Waals surface area contributed by atoms with E-state index in [1.54, 1.807) is 24.3 Å². The van der Waals surface area contributed by atoms with Gasteiger partial charge >= 0.3 is 0 Å². The molecule has 2 aliphatic rings. The maximum absolute atomic E-state index is 12.3. The first kappa shape index (κ1) is 32.8. The molecule has 0 radical (unpaired) electrons. The van der Waals surface area contributed by atoms with Gasteiger partial charge in [-0.2, -0.15) is 10.5 Å². The van der Waals surface area contributed by atoms with Gasteiger partial charge in [0.1, 0.15) is 11.4 Å². The molecule has 6 aromatic rings. The molecule has 2 amide bonds. The second-order valence-corrected chi connectivity index (χ2v) is 12.5. The average Bonchev–Trinajstić information content (AvgIpc) is 3.62. The van der Waals surface area contributed by atoms with Crippen molar-refractivity contribution in [3.05, 3.63) is 122 Å². The van der Waals surface area contributed by atoms with Gasteiger partial charge in [-0.15, -0.1) is 0 Å². The lowest BCUT2D eigenvalue weighted by atomic mass is 9.98. The molecule has 2 aromatic heterocycles. The molecule has 0 saturated heterocycles. The van der Waals surface area contributed by atoms with E-state index >= 15 is 0 Å². The average molecular weight is 678 g/mol. The van der Waals surface area contributed by atoms with Crippen molar-refractivity contribution in [1.82, 2.24) is 19.8 Å². The number of aromatic nitrogens is 2. The molecule has 12 nitrogen and oxygen atoms in total. The van der Waals surface area contributed by atoms with E-state index in [-0.39, 0.29) is 24.1 Å². The first-order chi connectivity index (χ1) is 24.6. The van der Waals surface area contributed by atoms with Gasteiger partial charge in [0.05, 0.1) is 45.8 Å². The molecule has 0 fully saturated rings. The van der Waals surface area contributed by atoms with Gasteiger partial charge in [-0.05, 0) is 78.1 Å². The topological polar surface area (TPSA) is 179 Å². The van der Waals surface area contributed by atoms with Crippen molar-refractivity contribution in [2.45, 2.75) is 33.5 Å². The fraction of sp³-hybridized carbons (Fsp3) is 0.179. The van der Waals surface area contributed by atoms with Crippen molar-refractivity contribution in [3.8, 4) is 34.4 Å². The van der Waals surface area contributed by atoms with Crippen LogP contribution >= 0.6 is 0 Å². The Bertz CT molecular complexity index is 2510. The number of nitrogens with one attached hydrogen (secondary N) is 2. The zero-order valence-corrected chi connectivity index (χ0v) is 27.8. The van der Waals surface area contributed by atoms with Gasteiger partial charge in [0.15, 0.2) is 0 Å². The summed E-state index contributed by atoms with van der Waals surface area (Å²) in [6, 6.07) is 25.5. The Morgan fingerprint density at radius 3 is 1.57 bits per heavy atom. The Morgan fingerprint density at radius 2 is 1.18 bits per heavy atom. The van der Waals surface area contributed by atoms with Crippen LogP contribution in [0.15, 0.2) is 72.8 Å². The summed E-state index contributed by atoms with van der Waals surface area (Å²) in [6.45, 7) is 6.27. The zero-order chi connectivity index (χ0) is 36.0. The van der Waals surface area contributed by atoms with E-state index in [1.807, 2.05) is 54.8 Å². The molecule has 51 heavy (non-hydrogen) atoms. The molecule has 12 heteroatoms. The minimum Gasteiger partial charge on any atom is -0.392 e. The number of nitro groups is 1. The third-order valence-corrected chi connectivity index (χ3v) is 9.58. The van der Waals surface area contributed by atoms with Crippen molar-refractivity contribution in [1.29, 1.82) is 10.5 Å². The molecular weight excluding hydrogens is 646 g/mol. The Labute approximate surface area is 291 Å². The maximum Gasteiger partial charge on any atom is 0.269 e. The van der Waals surface area contributed by atoms with Crippen LogP contribution in [0.5, 0.6) is 0 Å². The van der Waals surface area contributed by atoms with Crippen LogP contribution in [0.2, 0.25) is 0 Å². The van der Waals surface area contributed by atoms with E-state index in [4.69, 9.17) is 0 Å². The SMILES string of the molecule is Cc1c2n(c3c(-c4ccc(CO)cc4)cc(C#N)cc13)CCNC2=O.Cc1c2n(c3c(-c4ccc([N+](=O)[O-])cc4)cc(C#N)cc13)CCNC2=O. The quantitative estimate of drug-likeness (QED) is 0.154. The van der Waals surface area contributed by atoms with Crippen molar-refractivity contribution >= 4 is 39.3 Å². The number of nitro benzene ring substituents is 1. The summed E-state index contributed by atoms with van der Waals surface area (Å²) >= 11 is 0. The van der Waals surface area contributed by atoms with E-state index in [9.17, 15) is 35.3 Å². The molecule has 2 aliphatic heterocycles. The van der Waals surface area contributed by atoms with Crippen LogP contribution in [0.3, 0.4) is 0 Å². The van der Waals surface area contributed by atoms with E-state index in [1.165, 1.54) is 12.1 Å². The summed E-state index contributed by atoms with van der Waals surface area (Å²) in [6.07, 6.45) is 0. The summed E-state index contributed by atoms with van der Waals surface area (Å²) < 4.78 is 4.03. The van der Waals surface area contributed by atoms with Gasteiger partial charge in [0.25, 0.3) is 17.5 Å². The van der Waals surface area contributed by atoms with Gasteiger partial charge in [-0.25, -0.2) is 0 Å². The molecular formula is C39H31N7O5. The highest BCUT2D eigenvalue weighted by Crippen LogP contribution is 2.38. The zero-order valence-electron chi connectivity index (χ0n) is 27.8. The van der Waals surface area contributed by atoms with Crippen LogP contribution < -0.4 is 10.6 Å². The third kappa shape index (κ3) is 5.54. The number of carbonyl (C=O) groups excluding carboxylic acids is 2. The number of benzene rings is 4. The van der Waals surface area contributed by atoms with Crippen LogP contribution in [0.1, 0.15) is 48.8 Å². The Hall–Kier alpha value is -6.76. The minimum atomic E-state index is -0.446. The molecule has 0 atom stereocenters. The Kier molecular flexibility index (Phi) is 8.31. The molecule has 0 saturated carbocycles. The van der Waals surface area contributed by atoms with Crippen molar-refractivity contribution in [2.24, 2.45) is 0 Å². The smallest absolute Gasteiger partial charge is 0.269 e. The predicted octanol–water partition coefficient (Wildman–Crippen LogP) is 5.86. The number of amides is 2. The molecule has 4 aromatic carbocycles.